The molecule has 3 rings (SSSR count). The van der Waals surface area contributed by atoms with Crippen molar-refractivity contribution >= 4 is 17.5 Å². The summed E-state index contributed by atoms with van der Waals surface area (Å²) in [6.45, 7) is 3.08. The van der Waals surface area contributed by atoms with Crippen molar-refractivity contribution in [3.8, 4) is 0 Å². The Kier molecular flexibility index (Phi) is 6.15. The Morgan fingerprint density at radius 2 is 1.90 bits per heavy atom. The highest BCUT2D eigenvalue weighted by Gasteiger charge is 2.74. The van der Waals surface area contributed by atoms with E-state index in [0.29, 0.717) is 6.42 Å². The van der Waals surface area contributed by atoms with E-state index in [4.69, 9.17) is 9.47 Å². The molecule has 1 aromatic carbocycles. The van der Waals surface area contributed by atoms with Crippen molar-refractivity contribution < 1.29 is 39.2 Å². The smallest absolute Gasteiger partial charge is 0.278 e. The van der Waals surface area contributed by atoms with E-state index in [9.17, 15) is 29.7 Å². The van der Waals surface area contributed by atoms with Gasteiger partial charge in [0.2, 0.25) is 17.3 Å². The van der Waals surface area contributed by atoms with Gasteiger partial charge >= 0.3 is 0 Å². The fourth-order valence-electron chi connectivity index (χ4n) is 3.74. The van der Waals surface area contributed by atoms with Crippen LogP contribution >= 0.6 is 0 Å². The Labute approximate surface area is 179 Å². The minimum atomic E-state index is -2.49. The number of hydrogen-bond acceptors (Lipinski definition) is 8. The van der Waals surface area contributed by atoms with E-state index in [0.717, 1.165) is 7.11 Å². The van der Waals surface area contributed by atoms with Crippen LogP contribution in [-0.2, 0) is 19.1 Å². The van der Waals surface area contributed by atoms with Gasteiger partial charge in [-0.1, -0.05) is 49.4 Å². The third-order valence-electron chi connectivity index (χ3n) is 5.62. The lowest BCUT2D eigenvalue weighted by molar-refractivity contribution is -0.161. The topological polar surface area (TPSA) is 142 Å². The number of ether oxygens (including phenoxy) is 2. The van der Waals surface area contributed by atoms with Gasteiger partial charge in [-0.3, -0.25) is 14.4 Å². The van der Waals surface area contributed by atoms with Crippen LogP contribution in [0, 0.1) is 0 Å². The third-order valence-corrected chi connectivity index (χ3v) is 5.62. The van der Waals surface area contributed by atoms with Crippen LogP contribution in [0.1, 0.15) is 30.6 Å². The number of ketones is 2. The molecule has 1 spiro atoms. The summed E-state index contributed by atoms with van der Waals surface area (Å²) in [6.07, 6.45) is -1.35. The van der Waals surface area contributed by atoms with Gasteiger partial charge < -0.3 is 30.1 Å². The molecular weight excluding hydrogens is 406 g/mol. The molecular formula is C22H25NO8. The van der Waals surface area contributed by atoms with Crippen LogP contribution in [0.5, 0.6) is 0 Å². The Hall–Kier alpha value is -2.85. The number of aliphatic hydroxyl groups excluding tert-OH is 3. The molecule has 1 aromatic rings. The molecule has 2 aliphatic heterocycles. The first-order valence-electron chi connectivity index (χ1n) is 9.80. The van der Waals surface area contributed by atoms with E-state index in [1.165, 1.54) is 31.2 Å². The summed E-state index contributed by atoms with van der Waals surface area (Å²) in [5, 5.41) is 33.5. The van der Waals surface area contributed by atoms with Gasteiger partial charge in [0.25, 0.3) is 11.5 Å². The molecule has 0 saturated carbocycles. The molecule has 0 aliphatic carbocycles. The van der Waals surface area contributed by atoms with Crippen LogP contribution in [-0.4, -0.2) is 69.5 Å². The molecule has 1 unspecified atom stereocenters. The summed E-state index contributed by atoms with van der Waals surface area (Å²) in [4.78, 5) is 39.1. The molecule has 9 heteroatoms. The Morgan fingerprint density at radius 1 is 1.26 bits per heavy atom. The van der Waals surface area contributed by atoms with Gasteiger partial charge in [0.15, 0.2) is 6.10 Å². The van der Waals surface area contributed by atoms with Crippen LogP contribution in [0.3, 0.4) is 0 Å². The maximum Gasteiger partial charge on any atom is 0.278 e. The maximum absolute atomic E-state index is 13.1. The lowest BCUT2D eigenvalue weighted by Gasteiger charge is -2.32. The van der Waals surface area contributed by atoms with Gasteiger partial charge in [-0.15, -0.1) is 0 Å². The largest absolute Gasteiger partial charge is 0.467 e. The normalized spacial score (nSPS) is 30.1. The van der Waals surface area contributed by atoms with Gasteiger partial charge in [-0.05, 0) is 13.3 Å². The van der Waals surface area contributed by atoms with Crippen LogP contribution in [0.25, 0.3) is 0 Å². The summed E-state index contributed by atoms with van der Waals surface area (Å²) in [5.41, 5.74) is -4.69. The first kappa shape index (κ1) is 22.8. The minimum absolute atomic E-state index is 0.0867. The second kappa shape index (κ2) is 8.35. The lowest BCUT2D eigenvalue weighted by Crippen LogP contribution is -2.60. The molecule has 0 aromatic heterocycles. The Bertz CT molecular complexity index is 956. The zero-order valence-electron chi connectivity index (χ0n) is 17.4. The molecule has 1 fully saturated rings. The maximum atomic E-state index is 13.1. The average Bonchev–Trinajstić information content (AvgIpc) is 3.18. The molecule has 166 valence electrons. The van der Waals surface area contributed by atoms with E-state index in [2.05, 4.69) is 5.32 Å². The molecule has 5 atom stereocenters. The van der Waals surface area contributed by atoms with Gasteiger partial charge in [0.1, 0.15) is 11.9 Å². The van der Waals surface area contributed by atoms with E-state index >= 15 is 0 Å². The van der Waals surface area contributed by atoms with Gasteiger partial charge in [-0.2, -0.15) is 0 Å². The Balaban J connectivity index is 1.98. The molecule has 0 radical (unpaired) electrons. The summed E-state index contributed by atoms with van der Waals surface area (Å²) < 4.78 is 10.8. The van der Waals surface area contributed by atoms with Crippen LogP contribution in [0.4, 0.5) is 0 Å². The van der Waals surface area contributed by atoms with E-state index < -0.39 is 47.1 Å². The zero-order valence-corrected chi connectivity index (χ0v) is 17.4. The number of benzene rings is 1. The molecule has 2 heterocycles. The highest BCUT2D eigenvalue weighted by atomic mass is 16.6. The number of carbonyl (C=O) groups excluding carboxylic acids is 3. The highest BCUT2D eigenvalue weighted by Crippen LogP contribution is 2.44. The fraction of sp³-hybridized carbons (Fsp3) is 0.409. The standard InChI is InChI=1S/C22H25NO8/c1-4-14(24)10-11-15(25)16-12(2)17(26)21(31-16)19(28)22(30-3,23-20(21)29)18(27)13-8-6-5-7-9-13/h5-11,14-15,19,24-25,28H,4H2,1-3H3,(H,23,29)/t14?,15-,19+,21+,22+/m0/s1. The van der Waals surface area contributed by atoms with Crippen molar-refractivity contribution in [1.29, 1.82) is 0 Å². The zero-order chi connectivity index (χ0) is 23.0. The van der Waals surface area contributed by atoms with Crippen molar-refractivity contribution in [1.82, 2.24) is 5.32 Å². The first-order valence-corrected chi connectivity index (χ1v) is 9.80. The minimum Gasteiger partial charge on any atom is -0.467 e. The number of aliphatic hydroxyl groups is 3. The van der Waals surface area contributed by atoms with E-state index in [1.54, 1.807) is 25.1 Å². The highest BCUT2D eigenvalue weighted by molar-refractivity contribution is 6.23. The average molecular weight is 431 g/mol. The third kappa shape index (κ3) is 3.39. The molecule has 4 N–H and O–H groups in total. The monoisotopic (exact) mass is 431 g/mol. The molecule has 31 heavy (non-hydrogen) atoms. The van der Waals surface area contributed by atoms with Gasteiger partial charge in [-0.25, -0.2) is 0 Å². The molecule has 9 nitrogen and oxygen atoms in total. The molecule has 2 aliphatic rings. The summed E-state index contributed by atoms with van der Waals surface area (Å²) in [6, 6.07) is 7.85. The van der Waals surface area contributed by atoms with Crippen molar-refractivity contribution in [3.63, 3.8) is 0 Å². The van der Waals surface area contributed by atoms with Crippen LogP contribution < -0.4 is 5.32 Å². The number of hydrogen-bond donors (Lipinski definition) is 4. The summed E-state index contributed by atoms with van der Waals surface area (Å²) >= 11 is 0. The number of Topliss-reactive ketones (excluding diaryl/α,β-unsaturated/α-hetero) is 2. The number of rotatable bonds is 7. The van der Waals surface area contributed by atoms with E-state index in [-0.39, 0.29) is 16.9 Å². The van der Waals surface area contributed by atoms with Gasteiger partial charge in [0, 0.05) is 18.2 Å². The first-order chi connectivity index (χ1) is 14.7. The summed E-state index contributed by atoms with van der Waals surface area (Å²) in [7, 11) is 1.12. The number of amides is 1. The number of carbonyl (C=O) groups is 3. The van der Waals surface area contributed by atoms with Crippen molar-refractivity contribution in [2.24, 2.45) is 0 Å². The molecule has 1 amide bonds. The molecule has 1 saturated heterocycles. The predicted molar refractivity (Wildman–Crippen MR) is 108 cm³/mol. The van der Waals surface area contributed by atoms with Crippen molar-refractivity contribution in [3.05, 3.63) is 59.4 Å². The lowest BCUT2D eigenvalue weighted by atomic mass is 9.85. The summed E-state index contributed by atoms with van der Waals surface area (Å²) in [5.74, 6) is -2.97. The predicted octanol–water partition coefficient (Wildman–Crippen LogP) is 0.00280. The van der Waals surface area contributed by atoms with Crippen molar-refractivity contribution in [2.75, 3.05) is 7.11 Å². The van der Waals surface area contributed by atoms with Crippen LogP contribution in [0.15, 0.2) is 53.8 Å². The van der Waals surface area contributed by atoms with Crippen molar-refractivity contribution in [2.45, 2.75) is 49.9 Å². The second-order valence-electron chi connectivity index (χ2n) is 7.45. The quantitative estimate of drug-likeness (QED) is 0.269. The second-order valence-corrected chi connectivity index (χ2v) is 7.45. The molecule has 0 bridgehead atoms. The van der Waals surface area contributed by atoms with Crippen LogP contribution in [0.2, 0.25) is 0 Å². The van der Waals surface area contributed by atoms with E-state index in [1.807, 2.05) is 0 Å². The SMILES string of the molecule is CCC(O)C=C[C@H](O)C1=C(C)C(=O)[C@]2(O1)C(=O)N[C@@](OC)(C(=O)c1ccccc1)[C@@H]2O. The fourth-order valence-corrected chi connectivity index (χ4v) is 3.74. The van der Waals surface area contributed by atoms with Gasteiger partial charge in [0.05, 0.1) is 6.10 Å². The Morgan fingerprint density at radius 3 is 2.48 bits per heavy atom. The number of nitrogens with one attached hydrogen (secondary N) is 1. The number of methoxy groups -OCH3 is 1.